The molecule has 0 aliphatic carbocycles. The minimum Gasteiger partial charge on any atom is -0.468 e. The van der Waals surface area contributed by atoms with Gasteiger partial charge in [-0.05, 0) is 33.6 Å². The van der Waals surface area contributed by atoms with Gasteiger partial charge in [0.15, 0.2) is 0 Å². The van der Waals surface area contributed by atoms with E-state index in [0.717, 1.165) is 25.9 Å². The van der Waals surface area contributed by atoms with Crippen molar-refractivity contribution in [2.75, 3.05) is 26.7 Å². The number of fused-ring (bicyclic) bond motifs is 4. The first kappa shape index (κ1) is 15.1. The molecule has 3 aliphatic rings. The molecule has 20 heavy (non-hydrogen) atoms. The molecule has 3 heterocycles. The molecule has 0 saturated carbocycles. The number of hydrogen-bond acceptors (Lipinski definition) is 5. The van der Waals surface area contributed by atoms with Crippen molar-refractivity contribution >= 4 is 12.1 Å². The summed E-state index contributed by atoms with van der Waals surface area (Å²) in [5.41, 5.74) is -0.525. The molecule has 2 bridgehead atoms. The number of esters is 1. The van der Waals surface area contributed by atoms with Crippen LogP contribution in [-0.2, 0) is 14.3 Å². The number of piperidine rings is 1. The molecule has 6 nitrogen and oxygen atoms in total. The third-order valence-corrected chi connectivity index (χ3v) is 3.85. The number of ether oxygens (including phenoxy) is 2. The summed E-state index contributed by atoms with van der Waals surface area (Å²) in [6, 6.07) is -0.212. The molecule has 3 aliphatic heterocycles. The number of nitrogens with zero attached hydrogens (tertiary/aromatic N) is 2. The van der Waals surface area contributed by atoms with E-state index in [-0.39, 0.29) is 24.1 Å². The SMILES string of the molecule is COC(=O)C1CN(C(=O)OC(C)(C)C)C2CCN1CC2. The van der Waals surface area contributed by atoms with Crippen molar-refractivity contribution in [3.05, 3.63) is 0 Å². The van der Waals surface area contributed by atoms with Crippen molar-refractivity contribution in [3.8, 4) is 0 Å². The van der Waals surface area contributed by atoms with E-state index in [2.05, 4.69) is 4.90 Å². The first-order valence-corrected chi connectivity index (χ1v) is 7.13. The molecule has 0 aromatic heterocycles. The zero-order chi connectivity index (χ0) is 14.9. The molecule has 0 aromatic carbocycles. The Labute approximate surface area is 120 Å². The summed E-state index contributed by atoms with van der Waals surface area (Å²) in [5, 5.41) is 0. The van der Waals surface area contributed by atoms with Gasteiger partial charge in [0.25, 0.3) is 0 Å². The van der Waals surface area contributed by atoms with E-state index in [1.807, 2.05) is 20.8 Å². The molecule has 0 N–H and O–H groups in total. The maximum atomic E-state index is 12.3. The van der Waals surface area contributed by atoms with Crippen molar-refractivity contribution in [1.82, 2.24) is 9.80 Å². The quantitative estimate of drug-likeness (QED) is 0.678. The van der Waals surface area contributed by atoms with Crippen LogP contribution in [0.3, 0.4) is 0 Å². The Kier molecular flexibility index (Phi) is 4.22. The average molecular weight is 284 g/mol. The van der Waals surface area contributed by atoms with E-state index in [0.29, 0.717) is 6.54 Å². The van der Waals surface area contributed by atoms with Crippen LogP contribution in [0.2, 0.25) is 0 Å². The first-order chi connectivity index (χ1) is 9.31. The molecule has 0 aromatic rings. The number of carbonyl (C=O) groups is 2. The van der Waals surface area contributed by atoms with Crippen LogP contribution in [-0.4, -0.2) is 66.3 Å². The number of amides is 1. The van der Waals surface area contributed by atoms with Crippen LogP contribution in [0.25, 0.3) is 0 Å². The lowest BCUT2D eigenvalue weighted by atomic mass is 10.1. The highest BCUT2D eigenvalue weighted by Crippen LogP contribution is 2.26. The minimum absolute atomic E-state index is 0.163. The van der Waals surface area contributed by atoms with Gasteiger partial charge in [-0.3, -0.25) is 9.69 Å². The molecule has 0 spiro atoms. The van der Waals surface area contributed by atoms with Gasteiger partial charge in [-0.2, -0.15) is 0 Å². The van der Waals surface area contributed by atoms with Crippen LogP contribution in [0, 0.1) is 0 Å². The third kappa shape index (κ3) is 3.23. The average Bonchev–Trinajstić information content (AvgIpc) is 2.66. The summed E-state index contributed by atoms with van der Waals surface area (Å²) in [6.07, 6.45) is 1.43. The van der Waals surface area contributed by atoms with Gasteiger partial charge in [-0.25, -0.2) is 4.79 Å². The second-order valence-corrected chi connectivity index (χ2v) is 6.44. The van der Waals surface area contributed by atoms with Crippen LogP contribution in [0.4, 0.5) is 4.79 Å². The monoisotopic (exact) mass is 284 g/mol. The molecular formula is C14H24N2O4. The van der Waals surface area contributed by atoms with Gasteiger partial charge < -0.3 is 14.4 Å². The van der Waals surface area contributed by atoms with Crippen LogP contribution in [0.5, 0.6) is 0 Å². The zero-order valence-electron chi connectivity index (χ0n) is 12.7. The lowest BCUT2D eigenvalue weighted by Gasteiger charge is -2.32. The van der Waals surface area contributed by atoms with Crippen molar-refractivity contribution in [2.24, 2.45) is 0 Å². The van der Waals surface area contributed by atoms with Gasteiger partial charge in [0.2, 0.25) is 0 Å². The first-order valence-electron chi connectivity index (χ1n) is 7.13. The van der Waals surface area contributed by atoms with Gasteiger partial charge >= 0.3 is 12.1 Å². The maximum Gasteiger partial charge on any atom is 0.410 e. The minimum atomic E-state index is -0.525. The Bertz CT molecular complexity index is 383. The van der Waals surface area contributed by atoms with Gasteiger partial charge in [0, 0.05) is 19.1 Å². The summed E-state index contributed by atoms with van der Waals surface area (Å²) >= 11 is 0. The highest BCUT2D eigenvalue weighted by atomic mass is 16.6. The number of hydrogen-bond donors (Lipinski definition) is 0. The molecule has 3 saturated heterocycles. The van der Waals surface area contributed by atoms with Gasteiger partial charge in [-0.1, -0.05) is 0 Å². The molecule has 6 heteroatoms. The lowest BCUT2D eigenvalue weighted by molar-refractivity contribution is -0.146. The highest BCUT2D eigenvalue weighted by molar-refractivity contribution is 5.77. The van der Waals surface area contributed by atoms with Crippen molar-refractivity contribution in [1.29, 1.82) is 0 Å². The van der Waals surface area contributed by atoms with Crippen molar-refractivity contribution in [2.45, 2.75) is 51.3 Å². The topological polar surface area (TPSA) is 59.1 Å². The van der Waals surface area contributed by atoms with E-state index in [1.165, 1.54) is 7.11 Å². The largest absolute Gasteiger partial charge is 0.468 e. The summed E-state index contributed by atoms with van der Waals surface area (Å²) < 4.78 is 10.3. The predicted octanol–water partition coefficient (Wildman–Crippen LogP) is 1.24. The fourth-order valence-corrected chi connectivity index (χ4v) is 2.86. The third-order valence-electron chi connectivity index (χ3n) is 3.85. The Morgan fingerprint density at radius 1 is 1.15 bits per heavy atom. The number of carbonyl (C=O) groups excluding carboxylic acids is 2. The normalized spacial score (nSPS) is 29.8. The second kappa shape index (κ2) is 5.60. The Morgan fingerprint density at radius 3 is 2.25 bits per heavy atom. The van der Waals surface area contributed by atoms with E-state index in [1.54, 1.807) is 4.90 Å². The second-order valence-electron chi connectivity index (χ2n) is 6.44. The van der Waals surface area contributed by atoms with E-state index < -0.39 is 5.60 Å². The summed E-state index contributed by atoms with van der Waals surface area (Å²) in [4.78, 5) is 28.1. The van der Waals surface area contributed by atoms with Gasteiger partial charge in [0.05, 0.1) is 13.7 Å². The van der Waals surface area contributed by atoms with Crippen LogP contribution < -0.4 is 0 Å². The highest BCUT2D eigenvalue weighted by Gasteiger charge is 2.42. The van der Waals surface area contributed by atoms with Gasteiger partial charge in [0.1, 0.15) is 11.6 Å². The molecule has 0 radical (unpaired) electrons. The fourth-order valence-electron chi connectivity index (χ4n) is 2.86. The van der Waals surface area contributed by atoms with Crippen LogP contribution in [0.1, 0.15) is 33.6 Å². The summed E-state index contributed by atoms with van der Waals surface area (Å²) in [6.45, 7) is 7.55. The van der Waals surface area contributed by atoms with E-state index >= 15 is 0 Å². The Hall–Kier alpha value is -1.30. The van der Waals surface area contributed by atoms with Crippen molar-refractivity contribution < 1.29 is 19.1 Å². The lowest BCUT2D eigenvalue weighted by Crippen LogP contribution is -2.47. The van der Waals surface area contributed by atoms with Crippen LogP contribution in [0.15, 0.2) is 0 Å². The van der Waals surface area contributed by atoms with Gasteiger partial charge in [-0.15, -0.1) is 0 Å². The van der Waals surface area contributed by atoms with Crippen LogP contribution >= 0.6 is 0 Å². The molecule has 1 amide bonds. The summed E-state index contributed by atoms with van der Waals surface area (Å²) in [5.74, 6) is -0.277. The van der Waals surface area contributed by atoms with Crippen molar-refractivity contribution in [3.63, 3.8) is 0 Å². The smallest absolute Gasteiger partial charge is 0.410 e. The Morgan fingerprint density at radius 2 is 1.75 bits per heavy atom. The van der Waals surface area contributed by atoms with E-state index in [9.17, 15) is 9.59 Å². The predicted molar refractivity (Wildman–Crippen MR) is 73.3 cm³/mol. The molecule has 114 valence electrons. The molecule has 1 atom stereocenters. The summed E-state index contributed by atoms with van der Waals surface area (Å²) in [7, 11) is 1.39. The molecular weight excluding hydrogens is 260 g/mol. The molecule has 3 fully saturated rings. The molecule has 3 rings (SSSR count). The Balaban J connectivity index is 2.15. The maximum absolute atomic E-state index is 12.3. The zero-order valence-corrected chi connectivity index (χ0v) is 12.7. The standard InChI is InChI=1S/C14H24N2O4/c1-14(2,3)20-13(18)16-9-11(12(17)19-4)15-7-5-10(16)6-8-15/h10-11H,5-9H2,1-4H3. The van der Waals surface area contributed by atoms with E-state index in [4.69, 9.17) is 9.47 Å². The number of rotatable bonds is 1. The number of methoxy groups -OCH3 is 1. The fraction of sp³-hybridized carbons (Fsp3) is 0.857. The molecule has 1 unspecified atom stereocenters.